The fourth-order valence-corrected chi connectivity index (χ4v) is 1.41. The molecular formula is C12H17N3O2. The van der Waals surface area contributed by atoms with Crippen LogP contribution in [-0.4, -0.2) is 24.9 Å². The van der Waals surface area contributed by atoms with E-state index in [1.165, 1.54) is 0 Å². The molecule has 0 aliphatic rings. The molecule has 2 amide bonds. The number of nitrogens with two attached hydrogens (primary N) is 1. The fourth-order valence-electron chi connectivity index (χ4n) is 1.41. The first kappa shape index (κ1) is 13.2. The van der Waals surface area contributed by atoms with Gasteiger partial charge in [0.25, 0.3) is 0 Å². The Morgan fingerprint density at radius 3 is 2.71 bits per heavy atom. The molecule has 1 unspecified atom stereocenters. The maximum Gasteiger partial charge on any atom is 0.248 e. The molecule has 0 spiro atoms. The second kappa shape index (κ2) is 6.00. The Morgan fingerprint density at radius 2 is 2.12 bits per heavy atom. The number of hydrogen-bond acceptors (Lipinski definition) is 3. The van der Waals surface area contributed by atoms with Crippen molar-refractivity contribution in [2.45, 2.75) is 19.5 Å². The standard InChI is InChI=1S/C12H17N3O2/c1-8(12(17)14-2)15-7-9-4-3-5-10(6-9)11(13)16/h3-6,8,15H,7H2,1-2H3,(H2,13,16)(H,14,17). The van der Waals surface area contributed by atoms with Gasteiger partial charge in [0, 0.05) is 19.2 Å². The SMILES string of the molecule is CNC(=O)C(C)NCc1cccc(C(N)=O)c1. The number of benzene rings is 1. The Kier molecular flexibility index (Phi) is 4.66. The van der Waals surface area contributed by atoms with Crippen molar-refractivity contribution >= 4 is 11.8 Å². The third-order valence-corrected chi connectivity index (χ3v) is 2.46. The second-order valence-corrected chi connectivity index (χ2v) is 3.78. The number of primary amides is 1. The summed E-state index contributed by atoms with van der Waals surface area (Å²) >= 11 is 0. The van der Waals surface area contributed by atoms with Gasteiger partial charge in [-0.05, 0) is 24.6 Å². The fraction of sp³-hybridized carbons (Fsp3) is 0.333. The highest BCUT2D eigenvalue weighted by Gasteiger charge is 2.09. The molecule has 1 rings (SSSR count). The number of likely N-dealkylation sites (N-methyl/N-ethyl adjacent to an activating group) is 1. The second-order valence-electron chi connectivity index (χ2n) is 3.78. The Bertz CT molecular complexity index is 418. The average Bonchev–Trinajstić information content (AvgIpc) is 2.35. The van der Waals surface area contributed by atoms with Gasteiger partial charge in [-0.1, -0.05) is 12.1 Å². The maximum absolute atomic E-state index is 11.3. The molecule has 17 heavy (non-hydrogen) atoms. The first-order valence-electron chi connectivity index (χ1n) is 5.38. The number of carbonyl (C=O) groups excluding carboxylic acids is 2. The van der Waals surface area contributed by atoms with Crippen LogP contribution < -0.4 is 16.4 Å². The van der Waals surface area contributed by atoms with Crippen molar-refractivity contribution in [3.8, 4) is 0 Å². The molecule has 0 heterocycles. The van der Waals surface area contributed by atoms with Crippen molar-refractivity contribution in [2.75, 3.05) is 7.05 Å². The monoisotopic (exact) mass is 235 g/mol. The van der Waals surface area contributed by atoms with Crippen LogP contribution in [0.1, 0.15) is 22.8 Å². The number of nitrogens with one attached hydrogen (secondary N) is 2. The largest absolute Gasteiger partial charge is 0.366 e. The molecule has 0 fully saturated rings. The van der Waals surface area contributed by atoms with Crippen molar-refractivity contribution in [1.82, 2.24) is 10.6 Å². The van der Waals surface area contributed by atoms with E-state index in [2.05, 4.69) is 10.6 Å². The van der Waals surface area contributed by atoms with Crippen LogP contribution in [0.15, 0.2) is 24.3 Å². The van der Waals surface area contributed by atoms with Crippen molar-refractivity contribution in [1.29, 1.82) is 0 Å². The van der Waals surface area contributed by atoms with Gasteiger partial charge in [-0.2, -0.15) is 0 Å². The molecule has 5 nitrogen and oxygen atoms in total. The first-order chi connectivity index (χ1) is 8.04. The van der Waals surface area contributed by atoms with E-state index in [1.807, 2.05) is 6.07 Å². The minimum atomic E-state index is -0.453. The summed E-state index contributed by atoms with van der Waals surface area (Å²) in [4.78, 5) is 22.2. The molecule has 0 aliphatic carbocycles. The maximum atomic E-state index is 11.3. The average molecular weight is 235 g/mol. The molecule has 5 heteroatoms. The first-order valence-corrected chi connectivity index (χ1v) is 5.38. The van der Waals surface area contributed by atoms with Crippen LogP contribution in [0, 0.1) is 0 Å². The highest BCUT2D eigenvalue weighted by molar-refractivity contribution is 5.92. The van der Waals surface area contributed by atoms with E-state index in [1.54, 1.807) is 32.2 Å². The van der Waals surface area contributed by atoms with Gasteiger partial charge in [0.05, 0.1) is 6.04 Å². The van der Waals surface area contributed by atoms with Gasteiger partial charge in [-0.3, -0.25) is 9.59 Å². The summed E-state index contributed by atoms with van der Waals surface area (Å²) in [5.41, 5.74) is 6.57. The molecule has 4 N–H and O–H groups in total. The lowest BCUT2D eigenvalue weighted by atomic mass is 10.1. The van der Waals surface area contributed by atoms with Crippen molar-refractivity contribution < 1.29 is 9.59 Å². The van der Waals surface area contributed by atoms with Gasteiger partial charge in [0.15, 0.2) is 0 Å². The molecule has 0 radical (unpaired) electrons. The summed E-state index contributed by atoms with van der Waals surface area (Å²) in [7, 11) is 1.59. The van der Waals surface area contributed by atoms with E-state index in [4.69, 9.17) is 5.73 Å². The van der Waals surface area contributed by atoms with Crippen LogP contribution in [0.4, 0.5) is 0 Å². The number of rotatable bonds is 5. The van der Waals surface area contributed by atoms with E-state index < -0.39 is 5.91 Å². The van der Waals surface area contributed by atoms with E-state index in [-0.39, 0.29) is 11.9 Å². The molecule has 0 saturated carbocycles. The van der Waals surface area contributed by atoms with Crippen molar-refractivity contribution in [3.63, 3.8) is 0 Å². The van der Waals surface area contributed by atoms with Gasteiger partial charge in [0.1, 0.15) is 0 Å². The number of hydrogen-bond donors (Lipinski definition) is 3. The summed E-state index contributed by atoms with van der Waals surface area (Å²) in [5.74, 6) is -0.526. The topological polar surface area (TPSA) is 84.2 Å². The van der Waals surface area contributed by atoms with Gasteiger partial charge in [0.2, 0.25) is 11.8 Å². The lowest BCUT2D eigenvalue weighted by Gasteiger charge is -2.12. The smallest absolute Gasteiger partial charge is 0.248 e. The summed E-state index contributed by atoms with van der Waals surface area (Å²) in [6.45, 7) is 2.28. The van der Waals surface area contributed by atoms with Crippen LogP contribution in [0.25, 0.3) is 0 Å². The lowest BCUT2D eigenvalue weighted by molar-refractivity contribution is -0.122. The third kappa shape index (κ3) is 3.88. The van der Waals surface area contributed by atoms with Crippen molar-refractivity contribution in [3.05, 3.63) is 35.4 Å². The van der Waals surface area contributed by atoms with E-state index >= 15 is 0 Å². The zero-order valence-corrected chi connectivity index (χ0v) is 9.99. The Hall–Kier alpha value is -1.88. The van der Waals surface area contributed by atoms with E-state index in [9.17, 15) is 9.59 Å². The van der Waals surface area contributed by atoms with Crippen LogP contribution in [0.3, 0.4) is 0 Å². The highest BCUT2D eigenvalue weighted by Crippen LogP contribution is 2.04. The molecule has 1 aromatic carbocycles. The van der Waals surface area contributed by atoms with Crippen molar-refractivity contribution in [2.24, 2.45) is 5.73 Å². The Morgan fingerprint density at radius 1 is 1.41 bits per heavy atom. The van der Waals surface area contributed by atoms with Gasteiger partial charge < -0.3 is 16.4 Å². The normalized spacial score (nSPS) is 11.9. The highest BCUT2D eigenvalue weighted by atomic mass is 16.2. The number of amides is 2. The van der Waals surface area contributed by atoms with Crippen LogP contribution in [-0.2, 0) is 11.3 Å². The zero-order chi connectivity index (χ0) is 12.8. The molecule has 0 saturated heterocycles. The van der Waals surface area contributed by atoms with Crippen LogP contribution in [0.5, 0.6) is 0 Å². The minimum Gasteiger partial charge on any atom is -0.366 e. The number of carbonyl (C=O) groups is 2. The molecule has 1 atom stereocenters. The van der Waals surface area contributed by atoms with E-state index in [0.29, 0.717) is 12.1 Å². The predicted molar refractivity (Wildman–Crippen MR) is 65.3 cm³/mol. The van der Waals surface area contributed by atoms with Gasteiger partial charge >= 0.3 is 0 Å². The van der Waals surface area contributed by atoms with Crippen LogP contribution in [0.2, 0.25) is 0 Å². The molecular weight excluding hydrogens is 218 g/mol. The summed E-state index contributed by atoms with van der Waals surface area (Å²) < 4.78 is 0. The Labute approximate surface area is 100 Å². The minimum absolute atomic E-state index is 0.0731. The molecule has 0 aliphatic heterocycles. The van der Waals surface area contributed by atoms with Crippen LogP contribution >= 0.6 is 0 Å². The molecule has 0 aromatic heterocycles. The quantitative estimate of drug-likeness (QED) is 0.672. The van der Waals surface area contributed by atoms with Gasteiger partial charge in [-0.15, -0.1) is 0 Å². The van der Waals surface area contributed by atoms with Gasteiger partial charge in [-0.25, -0.2) is 0 Å². The molecule has 0 bridgehead atoms. The summed E-state index contributed by atoms with van der Waals surface area (Å²) in [6, 6.07) is 6.73. The molecule has 92 valence electrons. The Balaban J connectivity index is 2.60. The summed E-state index contributed by atoms with van der Waals surface area (Å²) in [6.07, 6.45) is 0. The third-order valence-electron chi connectivity index (χ3n) is 2.46. The zero-order valence-electron chi connectivity index (χ0n) is 9.99. The molecule has 1 aromatic rings. The van der Waals surface area contributed by atoms with E-state index in [0.717, 1.165) is 5.56 Å². The summed E-state index contributed by atoms with van der Waals surface area (Å²) in [5, 5.41) is 5.61. The predicted octanol–water partition coefficient (Wildman–Crippen LogP) is 0.00960. The lowest BCUT2D eigenvalue weighted by Crippen LogP contribution is -2.40.